The van der Waals surface area contributed by atoms with Gasteiger partial charge in [0.1, 0.15) is 5.58 Å². The number of carbonyl (C=O) groups excluding carboxylic acids is 1. The van der Waals surface area contributed by atoms with E-state index in [1.807, 2.05) is 46.0 Å². The number of aromatic nitrogens is 1. The molecule has 6 rings (SSSR count). The number of para-hydroxylation sites is 1. The molecule has 221 valence electrons. The van der Waals surface area contributed by atoms with Crippen LogP contribution >= 0.6 is 0 Å². The first-order valence-corrected chi connectivity index (χ1v) is 14.9. The van der Waals surface area contributed by atoms with E-state index in [1.165, 1.54) is 54.5 Å². The minimum atomic E-state index is -0.0316. The van der Waals surface area contributed by atoms with Crippen molar-refractivity contribution in [3.8, 4) is 11.3 Å². The van der Waals surface area contributed by atoms with Gasteiger partial charge in [-0.25, -0.2) is 0 Å². The van der Waals surface area contributed by atoms with Crippen molar-refractivity contribution in [2.45, 2.75) is 72.6 Å². The fraction of sp³-hybridized carbons (Fsp3) is 0.351. The molecule has 2 aromatic heterocycles. The van der Waals surface area contributed by atoms with Crippen LogP contribution in [0, 0.1) is 24.8 Å². The van der Waals surface area contributed by atoms with Gasteiger partial charge in [0.05, 0.1) is 11.3 Å². The summed E-state index contributed by atoms with van der Waals surface area (Å²) < 4.78 is 6.29. The number of nitrogens with zero attached hydrogens (tertiary/aromatic N) is 1. The molecule has 5 aromatic rings. The van der Waals surface area contributed by atoms with E-state index in [9.17, 15) is 9.90 Å². The Kier molecular flexibility index (Phi) is 10.4. The van der Waals surface area contributed by atoms with Crippen molar-refractivity contribution in [1.29, 1.82) is 0 Å². The normalized spacial score (nSPS) is 14.3. The predicted octanol–water partition coefficient (Wildman–Crippen LogP) is 10.3. The molecule has 0 atom stereocenters. The Morgan fingerprint density at radius 2 is 1.69 bits per heavy atom. The van der Waals surface area contributed by atoms with Crippen molar-refractivity contribution < 1.29 is 34.4 Å². The number of allylic oxidation sites excluding steroid dienone is 2. The topological polar surface area (TPSA) is 63.3 Å². The molecular formula is C37H40IrNO3-. The molecule has 5 heteroatoms. The van der Waals surface area contributed by atoms with Crippen molar-refractivity contribution >= 4 is 38.5 Å². The molecule has 0 spiro atoms. The summed E-state index contributed by atoms with van der Waals surface area (Å²) in [6.45, 7) is 9.41. The molecule has 1 saturated carbocycles. The van der Waals surface area contributed by atoms with Gasteiger partial charge in [-0.2, -0.15) is 0 Å². The quantitative estimate of drug-likeness (QED) is 0.111. The fourth-order valence-electron chi connectivity index (χ4n) is 5.63. The second-order valence-corrected chi connectivity index (χ2v) is 11.9. The van der Waals surface area contributed by atoms with Gasteiger partial charge in [0.25, 0.3) is 0 Å². The molecule has 1 N–H and O–H groups in total. The summed E-state index contributed by atoms with van der Waals surface area (Å²) in [4.78, 5) is 15.8. The first-order valence-electron chi connectivity index (χ1n) is 14.9. The average Bonchev–Trinajstić information content (AvgIpc) is 3.35. The molecule has 42 heavy (non-hydrogen) atoms. The molecular weight excluding hydrogens is 699 g/mol. The zero-order valence-corrected chi connectivity index (χ0v) is 27.6. The molecule has 0 bridgehead atoms. The van der Waals surface area contributed by atoms with Crippen LogP contribution in [0.3, 0.4) is 0 Å². The number of aliphatic hydroxyl groups excluding tert-OH is 1. The van der Waals surface area contributed by atoms with Crippen LogP contribution in [-0.2, 0) is 24.9 Å². The third-order valence-electron chi connectivity index (χ3n) is 8.10. The van der Waals surface area contributed by atoms with E-state index in [-0.39, 0.29) is 43.5 Å². The van der Waals surface area contributed by atoms with E-state index in [0.717, 1.165) is 38.8 Å². The molecule has 2 heterocycles. The number of aryl methyl sites for hydroxylation is 1. The molecule has 0 aliphatic heterocycles. The first kappa shape index (κ1) is 31.7. The van der Waals surface area contributed by atoms with Crippen LogP contribution in [0.1, 0.15) is 76.8 Å². The van der Waals surface area contributed by atoms with E-state index in [1.54, 1.807) is 0 Å². The van der Waals surface area contributed by atoms with Gasteiger partial charge in [0.2, 0.25) is 0 Å². The number of pyridine rings is 1. The molecule has 0 unspecified atom stereocenters. The molecule has 1 aliphatic carbocycles. The molecule has 0 saturated heterocycles. The van der Waals surface area contributed by atoms with Crippen LogP contribution in [0.15, 0.2) is 77.0 Å². The van der Waals surface area contributed by atoms with Gasteiger partial charge in [0.15, 0.2) is 5.78 Å². The van der Waals surface area contributed by atoms with Gasteiger partial charge in [-0.15, -0.1) is 17.7 Å². The molecule has 1 aliphatic rings. The summed E-state index contributed by atoms with van der Waals surface area (Å²) >= 11 is 0. The summed E-state index contributed by atoms with van der Waals surface area (Å²) in [6, 6.07) is 23.0. The predicted molar refractivity (Wildman–Crippen MR) is 169 cm³/mol. The number of hydrogen-bond acceptors (Lipinski definition) is 4. The maximum atomic E-state index is 11.0. The van der Waals surface area contributed by atoms with Crippen molar-refractivity contribution in [2.75, 3.05) is 0 Å². The summed E-state index contributed by atoms with van der Waals surface area (Å²) in [5, 5.41) is 13.9. The average molecular weight is 739 g/mol. The molecule has 3 aromatic carbocycles. The van der Waals surface area contributed by atoms with E-state index in [2.05, 4.69) is 55.5 Å². The van der Waals surface area contributed by atoms with Crippen LogP contribution in [0.5, 0.6) is 0 Å². The molecule has 1 radical (unpaired) electrons. The SMILES string of the molecule is CC(C)C(=O)/C=C(\O)C(C)C.Cc1[c-]c(-c2nccc3cc(C4CCCCC4)ccc23)c2oc3ccccc3c2c1.[Ir]. The fourth-order valence-corrected chi connectivity index (χ4v) is 5.63. The Balaban J connectivity index is 0.000000292. The van der Waals surface area contributed by atoms with Gasteiger partial charge in [-0.1, -0.05) is 101 Å². The smallest absolute Gasteiger partial charge is 0.161 e. The number of benzene rings is 3. The van der Waals surface area contributed by atoms with Crippen LogP contribution in [0.25, 0.3) is 44.0 Å². The van der Waals surface area contributed by atoms with E-state index in [4.69, 9.17) is 9.40 Å². The number of carbonyl (C=O) groups is 1. The number of hydrogen-bond donors (Lipinski definition) is 1. The summed E-state index contributed by atoms with van der Waals surface area (Å²) in [7, 11) is 0. The third-order valence-corrected chi connectivity index (χ3v) is 8.10. The zero-order valence-electron chi connectivity index (χ0n) is 25.2. The Morgan fingerprint density at radius 3 is 2.40 bits per heavy atom. The maximum Gasteiger partial charge on any atom is 0.161 e. The van der Waals surface area contributed by atoms with Crippen molar-refractivity contribution in [2.24, 2.45) is 11.8 Å². The van der Waals surface area contributed by atoms with Gasteiger partial charge in [0, 0.05) is 49.6 Å². The summed E-state index contributed by atoms with van der Waals surface area (Å²) in [5.74, 6) is 0.862. The Morgan fingerprint density at radius 1 is 0.952 bits per heavy atom. The second kappa shape index (κ2) is 13.8. The number of rotatable bonds is 5. The van der Waals surface area contributed by atoms with Gasteiger partial charge in [-0.05, 0) is 52.9 Å². The van der Waals surface area contributed by atoms with E-state index < -0.39 is 0 Å². The van der Waals surface area contributed by atoms with Gasteiger partial charge < -0.3 is 14.5 Å². The standard InChI is InChI=1S/C28H24NO.C9H16O2.Ir/c1-18-15-24-23-9-5-6-10-26(23)30-28(24)25(16-18)27-22-12-11-20(17-21(22)13-14-29-27)19-7-3-2-4-8-19;1-6(2)8(10)5-9(11)7(3)4;/h5-6,9-15,17,19H,2-4,7-8H2,1H3;5-7,10H,1-4H3;/q-1;;/b;8-5-;. The first-order chi connectivity index (χ1) is 19.7. The van der Waals surface area contributed by atoms with Crippen molar-refractivity contribution in [1.82, 2.24) is 4.98 Å². The van der Waals surface area contributed by atoms with E-state index >= 15 is 0 Å². The summed E-state index contributed by atoms with van der Waals surface area (Å²) in [5.41, 5.74) is 6.27. The van der Waals surface area contributed by atoms with Crippen LogP contribution in [-0.4, -0.2) is 15.9 Å². The monoisotopic (exact) mass is 739 g/mol. The van der Waals surface area contributed by atoms with Crippen LogP contribution < -0.4 is 0 Å². The number of aliphatic hydroxyl groups is 1. The van der Waals surface area contributed by atoms with Crippen LogP contribution in [0.2, 0.25) is 0 Å². The summed E-state index contributed by atoms with van der Waals surface area (Å²) in [6.07, 6.45) is 9.96. The Hall–Kier alpha value is -3.27. The number of fused-ring (bicyclic) bond motifs is 4. The molecule has 1 fully saturated rings. The number of ketones is 1. The van der Waals surface area contributed by atoms with E-state index in [0.29, 0.717) is 5.92 Å². The Bertz CT molecular complexity index is 1720. The Labute approximate surface area is 262 Å². The van der Waals surface area contributed by atoms with Crippen molar-refractivity contribution in [3.05, 3.63) is 89.8 Å². The largest absolute Gasteiger partial charge is 0.512 e. The van der Waals surface area contributed by atoms with Crippen LogP contribution in [0.4, 0.5) is 0 Å². The minimum Gasteiger partial charge on any atom is -0.512 e. The maximum absolute atomic E-state index is 11.0. The van der Waals surface area contributed by atoms with Gasteiger partial charge >= 0.3 is 0 Å². The minimum absolute atomic E-state index is 0. The third kappa shape index (κ3) is 6.85. The van der Waals surface area contributed by atoms with Gasteiger partial charge in [-0.3, -0.25) is 4.79 Å². The second-order valence-electron chi connectivity index (χ2n) is 11.9. The molecule has 0 amide bonds. The zero-order chi connectivity index (χ0) is 29.1. The number of furan rings is 1. The molecule has 4 nitrogen and oxygen atoms in total. The van der Waals surface area contributed by atoms with Crippen molar-refractivity contribution in [3.63, 3.8) is 0 Å².